The van der Waals surface area contributed by atoms with Crippen LogP contribution in [0.4, 0.5) is 5.69 Å². The average Bonchev–Trinajstić information content (AvgIpc) is 2.81. The van der Waals surface area contributed by atoms with Gasteiger partial charge in [-0.15, -0.1) is 0 Å². The van der Waals surface area contributed by atoms with Crippen molar-refractivity contribution in [2.75, 3.05) is 11.9 Å². The van der Waals surface area contributed by atoms with E-state index in [9.17, 15) is 9.59 Å². The van der Waals surface area contributed by atoms with Gasteiger partial charge in [0.05, 0.1) is 26.4 Å². The van der Waals surface area contributed by atoms with Gasteiger partial charge in [-0.25, -0.2) is 4.79 Å². The average molecular weight is 378 g/mol. The van der Waals surface area contributed by atoms with E-state index >= 15 is 0 Å². The number of rotatable bonds is 4. The second-order valence-electron chi connectivity index (χ2n) is 4.57. The SMILES string of the molecule is Cc1noc(C)c1C(=O)OCC(=O)Nc1cc(Cl)c(Cl)cc1Cl. The van der Waals surface area contributed by atoms with Crippen LogP contribution in [-0.4, -0.2) is 23.6 Å². The van der Waals surface area contributed by atoms with Crippen molar-refractivity contribution in [1.82, 2.24) is 5.16 Å². The molecule has 0 aliphatic rings. The fourth-order valence-electron chi connectivity index (χ4n) is 1.78. The third kappa shape index (κ3) is 4.16. The summed E-state index contributed by atoms with van der Waals surface area (Å²) >= 11 is 17.6. The third-order valence-corrected chi connectivity index (χ3v) is 3.89. The molecule has 0 unspecified atom stereocenters. The van der Waals surface area contributed by atoms with Crippen molar-refractivity contribution >= 4 is 52.4 Å². The first-order chi connectivity index (χ1) is 10.8. The number of hydrogen-bond donors (Lipinski definition) is 1. The number of nitrogens with one attached hydrogen (secondary N) is 1. The smallest absolute Gasteiger partial charge is 0.344 e. The number of benzene rings is 1. The van der Waals surface area contributed by atoms with Crippen LogP contribution in [-0.2, 0) is 9.53 Å². The van der Waals surface area contributed by atoms with Crippen molar-refractivity contribution in [2.24, 2.45) is 0 Å². The van der Waals surface area contributed by atoms with Crippen molar-refractivity contribution in [3.8, 4) is 0 Å². The number of aryl methyl sites for hydroxylation is 2. The normalized spacial score (nSPS) is 10.5. The quantitative estimate of drug-likeness (QED) is 0.642. The lowest BCUT2D eigenvalue weighted by Crippen LogP contribution is -2.21. The predicted octanol–water partition coefficient (Wildman–Crippen LogP) is 4.05. The van der Waals surface area contributed by atoms with Gasteiger partial charge in [-0.2, -0.15) is 0 Å². The van der Waals surface area contributed by atoms with Crippen LogP contribution in [0.2, 0.25) is 15.1 Å². The van der Waals surface area contributed by atoms with E-state index in [1.807, 2.05) is 0 Å². The van der Waals surface area contributed by atoms with E-state index < -0.39 is 18.5 Å². The van der Waals surface area contributed by atoms with Crippen LogP contribution in [0.1, 0.15) is 21.8 Å². The zero-order valence-corrected chi connectivity index (χ0v) is 14.3. The van der Waals surface area contributed by atoms with E-state index in [2.05, 4.69) is 10.5 Å². The van der Waals surface area contributed by atoms with E-state index in [1.54, 1.807) is 13.8 Å². The van der Waals surface area contributed by atoms with Crippen LogP contribution in [0.5, 0.6) is 0 Å². The van der Waals surface area contributed by atoms with Crippen LogP contribution >= 0.6 is 34.8 Å². The van der Waals surface area contributed by atoms with Gasteiger partial charge in [-0.05, 0) is 26.0 Å². The monoisotopic (exact) mass is 376 g/mol. The van der Waals surface area contributed by atoms with Gasteiger partial charge in [0.1, 0.15) is 11.3 Å². The van der Waals surface area contributed by atoms with Gasteiger partial charge in [0, 0.05) is 0 Å². The molecule has 0 bridgehead atoms. The van der Waals surface area contributed by atoms with Gasteiger partial charge in [0.25, 0.3) is 5.91 Å². The number of aromatic nitrogens is 1. The van der Waals surface area contributed by atoms with Gasteiger partial charge in [-0.3, -0.25) is 4.79 Å². The third-order valence-electron chi connectivity index (χ3n) is 2.86. The molecule has 9 heteroatoms. The minimum absolute atomic E-state index is 0.199. The molecule has 0 saturated carbocycles. The molecule has 0 saturated heterocycles. The summed E-state index contributed by atoms with van der Waals surface area (Å²) in [4.78, 5) is 23.7. The minimum Gasteiger partial charge on any atom is -0.452 e. The molecule has 1 amide bonds. The highest BCUT2D eigenvalue weighted by Gasteiger charge is 2.20. The maximum atomic E-state index is 11.9. The Morgan fingerprint density at radius 3 is 2.43 bits per heavy atom. The molecule has 2 rings (SSSR count). The molecule has 0 radical (unpaired) electrons. The zero-order valence-electron chi connectivity index (χ0n) is 12.1. The Bertz CT molecular complexity index is 754. The Hall–Kier alpha value is -1.76. The van der Waals surface area contributed by atoms with Gasteiger partial charge in [-0.1, -0.05) is 40.0 Å². The highest BCUT2D eigenvalue weighted by molar-refractivity contribution is 6.44. The van der Waals surface area contributed by atoms with Crippen molar-refractivity contribution < 1.29 is 18.8 Å². The first kappa shape index (κ1) is 17.6. The Labute approximate surface area is 146 Å². The molecule has 1 N–H and O–H groups in total. The zero-order chi connectivity index (χ0) is 17.1. The number of hydrogen-bond acceptors (Lipinski definition) is 5. The maximum absolute atomic E-state index is 11.9. The minimum atomic E-state index is -0.698. The molecule has 0 atom stereocenters. The second-order valence-corrected chi connectivity index (χ2v) is 5.79. The summed E-state index contributed by atoms with van der Waals surface area (Å²) in [5, 5.41) is 6.83. The molecule has 0 spiro atoms. The largest absolute Gasteiger partial charge is 0.452 e. The number of carbonyl (C=O) groups is 2. The second kappa shape index (κ2) is 7.21. The summed E-state index contributed by atoms with van der Waals surface area (Å²) in [7, 11) is 0. The van der Waals surface area contributed by atoms with Gasteiger partial charge in [0.15, 0.2) is 6.61 Å². The lowest BCUT2D eigenvalue weighted by Gasteiger charge is -2.09. The maximum Gasteiger partial charge on any atom is 0.344 e. The van der Waals surface area contributed by atoms with Crippen LogP contribution in [0.3, 0.4) is 0 Å². The Morgan fingerprint density at radius 1 is 1.17 bits per heavy atom. The lowest BCUT2D eigenvalue weighted by molar-refractivity contribution is -0.119. The van der Waals surface area contributed by atoms with Crippen molar-refractivity contribution in [2.45, 2.75) is 13.8 Å². The molecule has 0 aliphatic heterocycles. The lowest BCUT2D eigenvalue weighted by atomic mass is 10.2. The topological polar surface area (TPSA) is 81.4 Å². The number of nitrogens with zero attached hydrogens (tertiary/aromatic N) is 1. The Balaban J connectivity index is 1.98. The van der Waals surface area contributed by atoms with Crippen molar-refractivity contribution in [3.63, 3.8) is 0 Å². The van der Waals surface area contributed by atoms with Crippen LogP contribution in [0.15, 0.2) is 16.7 Å². The van der Waals surface area contributed by atoms with Crippen molar-refractivity contribution in [3.05, 3.63) is 44.2 Å². The van der Waals surface area contributed by atoms with Crippen LogP contribution in [0.25, 0.3) is 0 Å². The van der Waals surface area contributed by atoms with Gasteiger partial charge in [0.2, 0.25) is 0 Å². The molecule has 2 aromatic rings. The molecule has 1 aromatic heterocycles. The summed E-state index contributed by atoms with van der Waals surface area (Å²) in [5.41, 5.74) is 0.852. The van der Waals surface area contributed by atoms with Crippen LogP contribution < -0.4 is 5.32 Å². The first-order valence-electron chi connectivity index (χ1n) is 6.34. The summed E-state index contributed by atoms with van der Waals surface area (Å²) in [6, 6.07) is 2.80. The van der Waals surface area contributed by atoms with E-state index in [0.29, 0.717) is 11.5 Å². The molecule has 6 nitrogen and oxygen atoms in total. The number of halogens is 3. The molecular formula is C14H11Cl3N2O4. The van der Waals surface area contributed by atoms with Crippen molar-refractivity contribution in [1.29, 1.82) is 0 Å². The molecule has 1 heterocycles. The van der Waals surface area contributed by atoms with Crippen LogP contribution in [0, 0.1) is 13.8 Å². The summed E-state index contributed by atoms with van der Waals surface area (Å²) in [6.07, 6.45) is 0. The summed E-state index contributed by atoms with van der Waals surface area (Å²) in [6.45, 7) is 2.67. The molecule has 0 fully saturated rings. The standard InChI is InChI=1S/C14H11Cl3N2O4/c1-6-13(7(2)23-19-6)14(21)22-5-12(20)18-11-4-9(16)8(15)3-10(11)17/h3-4H,5H2,1-2H3,(H,18,20). The highest BCUT2D eigenvalue weighted by Crippen LogP contribution is 2.32. The Kier molecular flexibility index (Phi) is 5.51. The van der Waals surface area contributed by atoms with Gasteiger partial charge < -0.3 is 14.6 Å². The van der Waals surface area contributed by atoms with E-state index in [1.165, 1.54) is 12.1 Å². The summed E-state index contributed by atoms with van der Waals surface area (Å²) < 4.78 is 9.79. The van der Waals surface area contributed by atoms with E-state index in [-0.39, 0.29) is 26.3 Å². The fraction of sp³-hybridized carbons (Fsp3) is 0.214. The number of anilines is 1. The number of ether oxygens (including phenoxy) is 1. The molecule has 1 aromatic carbocycles. The van der Waals surface area contributed by atoms with E-state index in [0.717, 1.165) is 0 Å². The first-order valence-corrected chi connectivity index (χ1v) is 7.47. The van der Waals surface area contributed by atoms with E-state index in [4.69, 9.17) is 44.1 Å². The molecule has 23 heavy (non-hydrogen) atoms. The number of carbonyl (C=O) groups excluding carboxylic acids is 2. The molecule has 122 valence electrons. The molecular weight excluding hydrogens is 367 g/mol. The highest BCUT2D eigenvalue weighted by atomic mass is 35.5. The number of esters is 1. The van der Waals surface area contributed by atoms with Gasteiger partial charge >= 0.3 is 5.97 Å². The number of amides is 1. The molecule has 0 aliphatic carbocycles. The summed E-state index contributed by atoms with van der Waals surface area (Å²) in [5.74, 6) is -0.956. The predicted molar refractivity (Wildman–Crippen MR) is 86.4 cm³/mol. The Morgan fingerprint density at radius 2 is 1.83 bits per heavy atom. The fourth-order valence-corrected chi connectivity index (χ4v) is 2.38.